The second kappa shape index (κ2) is 8.26. The number of nitrogens with one attached hydrogen (secondary N) is 2. The maximum atomic E-state index is 13.5. The molecule has 0 radical (unpaired) electrons. The monoisotopic (exact) mass is 472 g/mol. The summed E-state index contributed by atoms with van der Waals surface area (Å²) < 4.78 is 52.2. The Morgan fingerprint density at radius 3 is 2.77 bits per heavy atom. The standard InChI is InChI=1S/C19H16ClF3N4OS2/c1-30(28)12-6-16(29-9-12)17-13(19(21,22)23)8-25-18(27-17)26-15-5-11-7-24-3-2-10(11)4-14(15)20/h4-6,8-9,24H,2-3,7H2,1H3,(H,25,26,27). The fourth-order valence-corrected chi connectivity index (χ4v) is 5.20. The lowest BCUT2D eigenvalue weighted by molar-refractivity contribution is -0.137. The van der Waals surface area contributed by atoms with Crippen LogP contribution >= 0.6 is 22.9 Å². The van der Waals surface area contributed by atoms with Gasteiger partial charge in [0.25, 0.3) is 0 Å². The van der Waals surface area contributed by atoms with Crippen LogP contribution in [0.25, 0.3) is 10.6 Å². The van der Waals surface area contributed by atoms with Crippen molar-refractivity contribution < 1.29 is 17.4 Å². The minimum atomic E-state index is -4.63. The van der Waals surface area contributed by atoms with Crippen LogP contribution in [0.2, 0.25) is 5.02 Å². The lowest BCUT2D eigenvalue weighted by Gasteiger charge is -2.19. The fraction of sp³-hybridized carbons (Fsp3) is 0.263. The molecular formula is C19H16ClF3N4OS2. The van der Waals surface area contributed by atoms with Gasteiger partial charge in [0.1, 0.15) is 5.56 Å². The highest BCUT2D eigenvalue weighted by Crippen LogP contribution is 2.39. The molecule has 0 amide bonds. The number of hydrogen-bond acceptors (Lipinski definition) is 6. The smallest absolute Gasteiger partial charge is 0.323 e. The first-order chi connectivity index (χ1) is 14.2. The Kier molecular flexibility index (Phi) is 5.84. The van der Waals surface area contributed by atoms with E-state index in [4.69, 9.17) is 11.6 Å². The highest BCUT2D eigenvalue weighted by molar-refractivity contribution is 7.84. The predicted molar refractivity (Wildman–Crippen MR) is 113 cm³/mol. The van der Waals surface area contributed by atoms with E-state index in [1.807, 2.05) is 12.1 Å². The van der Waals surface area contributed by atoms with Gasteiger partial charge >= 0.3 is 6.18 Å². The number of alkyl halides is 3. The summed E-state index contributed by atoms with van der Waals surface area (Å²) in [5, 5.41) is 8.21. The molecule has 0 saturated carbocycles. The van der Waals surface area contributed by atoms with Crippen LogP contribution in [0.4, 0.5) is 24.8 Å². The quantitative estimate of drug-likeness (QED) is 0.559. The second-order valence-corrected chi connectivity index (χ2v) is 9.41. The molecule has 1 atom stereocenters. The zero-order valence-corrected chi connectivity index (χ0v) is 18.0. The lowest BCUT2D eigenvalue weighted by atomic mass is 10.0. The van der Waals surface area contributed by atoms with E-state index in [-0.39, 0.29) is 16.5 Å². The summed E-state index contributed by atoms with van der Waals surface area (Å²) in [5.41, 5.74) is 1.50. The van der Waals surface area contributed by atoms with Gasteiger partial charge in [0.05, 0.1) is 32.1 Å². The molecule has 5 nitrogen and oxygen atoms in total. The zero-order chi connectivity index (χ0) is 21.5. The molecule has 4 rings (SSSR count). The normalized spacial score (nSPS) is 15.0. The minimum absolute atomic E-state index is 0.00353. The first-order valence-corrected chi connectivity index (χ1v) is 11.7. The van der Waals surface area contributed by atoms with Gasteiger partial charge in [-0.25, -0.2) is 9.97 Å². The van der Waals surface area contributed by atoms with E-state index in [0.29, 0.717) is 22.2 Å². The number of thiophene rings is 1. The van der Waals surface area contributed by atoms with Crippen LogP contribution < -0.4 is 10.6 Å². The topological polar surface area (TPSA) is 66.9 Å². The number of aromatic nitrogens is 2. The first-order valence-electron chi connectivity index (χ1n) is 8.88. The van der Waals surface area contributed by atoms with Gasteiger partial charge in [-0.2, -0.15) is 13.2 Å². The molecule has 0 spiro atoms. The third-order valence-electron chi connectivity index (χ3n) is 4.66. The van der Waals surface area contributed by atoms with E-state index in [0.717, 1.165) is 41.6 Å². The van der Waals surface area contributed by atoms with Crippen molar-refractivity contribution in [2.75, 3.05) is 18.1 Å². The van der Waals surface area contributed by atoms with Crippen molar-refractivity contribution in [3.05, 3.63) is 51.5 Å². The average molecular weight is 473 g/mol. The molecular weight excluding hydrogens is 457 g/mol. The number of halogens is 4. The Morgan fingerprint density at radius 2 is 2.07 bits per heavy atom. The predicted octanol–water partition coefficient (Wildman–Crippen LogP) is 5.00. The van der Waals surface area contributed by atoms with Crippen LogP contribution in [0.3, 0.4) is 0 Å². The van der Waals surface area contributed by atoms with E-state index < -0.39 is 22.5 Å². The number of rotatable bonds is 4. The Hall–Kier alpha value is -2.01. The SMILES string of the molecule is CS(=O)c1csc(-c2nc(Nc3cc4c(cc3Cl)CCNC4)ncc2C(F)(F)F)c1. The number of nitrogens with zero attached hydrogens (tertiary/aromatic N) is 2. The summed E-state index contributed by atoms with van der Waals surface area (Å²) in [6.45, 7) is 1.55. The highest BCUT2D eigenvalue weighted by Gasteiger charge is 2.36. The number of anilines is 2. The van der Waals surface area contributed by atoms with Crippen molar-refractivity contribution in [1.29, 1.82) is 0 Å². The molecule has 3 aromatic rings. The molecule has 0 aliphatic carbocycles. The molecule has 1 unspecified atom stereocenters. The molecule has 0 fully saturated rings. The van der Waals surface area contributed by atoms with Gasteiger partial charge in [0.15, 0.2) is 0 Å². The van der Waals surface area contributed by atoms with Gasteiger partial charge in [0, 0.05) is 29.3 Å². The van der Waals surface area contributed by atoms with Gasteiger partial charge in [-0.3, -0.25) is 4.21 Å². The number of benzene rings is 1. The summed E-state index contributed by atoms with van der Waals surface area (Å²) >= 11 is 7.41. The molecule has 2 aromatic heterocycles. The van der Waals surface area contributed by atoms with E-state index in [2.05, 4.69) is 20.6 Å². The molecule has 1 aromatic carbocycles. The van der Waals surface area contributed by atoms with Crippen molar-refractivity contribution >= 4 is 45.4 Å². The van der Waals surface area contributed by atoms with Gasteiger partial charge in [-0.1, -0.05) is 11.6 Å². The van der Waals surface area contributed by atoms with E-state index in [1.165, 1.54) is 12.3 Å². The van der Waals surface area contributed by atoms with Crippen LogP contribution in [0, 0.1) is 0 Å². The largest absolute Gasteiger partial charge is 0.420 e. The first kappa shape index (κ1) is 21.2. The Labute approximate surface area is 182 Å². The average Bonchev–Trinajstić information content (AvgIpc) is 3.18. The van der Waals surface area contributed by atoms with E-state index >= 15 is 0 Å². The Morgan fingerprint density at radius 1 is 1.27 bits per heavy atom. The molecule has 3 heterocycles. The minimum Gasteiger partial charge on any atom is -0.323 e. The summed E-state index contributed by atoms with van der Waals surface area (Å²) in [6.07, 6.45) is -1.55. The summed E-state index contributed by atoms with van der Waals surface area (Å²) in [4.78, 5) is 8.68. The van der Waals surface area contributed by atoms with Gasteiger partial charge in [-0.15, -0.1) is 11.3 Å². The van der Waals surface area contributed by atoms with Crippen LogP contribution in [-0.2, 0) is 29.9 Å². The number of hydrogen-bond donors (Lipinski definition) is 2. The van der Waals surface area contributed by atoms with Crippen molar-refractivity contribution in [1.82, 2.24) is 15.3 Å². The lowest BCUT2D eigenvalue weighted by Crippen LogP contribution is -2.23. The van der Waals surface area contributed by atoms with Crippen molar-refractivity contribution in [3.63, 3.8) is 0 Å². The zero-order valence-electron chi connectivity index (χ0n) is 15.6. The molecule has 0 saturated heterocycles. The Bertz CT molecular complexity index is 1130. The Balaban J connectivity index is 1.74. The summed E-state index contributed by atoms with van der Waals surface area (Å²) in [7, 11) is -1.30. The molecule has 158 valence electrons. The maximum Gasteiger partial charge on any atom is 0.420 e. The van der Waals surface area contributed by atoms with Gasteiger partial charge < -0.3 is 10.6 Å². The molecule has 1 aliphatic rings. The maximum absolute atomic E-state index is 13.5. The fourth-order valence-electron chi connectivity index (χ4n) is 3.15. The third kappa shape index (κ3) is 4.36. The number of fused-ring (bicyclic) bond motifs is 1. The summed E-state index contributed by atoms with van der Waals surface area (Å²) in [6, 6.07) is 5.17. The molecule has 0 bridgehead atoms. The van der Waals surface area contributed by atoms with E-state index in [9.17, 15) is 17.4 Å². The van der Waals surface area contributed by atoms with Crippen molar-refractivity contribution in [2.24, 2.45) is 0 Å². The molecule has 2 N–H and O–H groups in total. The third-order valence-corrected chi connectivity index (χ3v) is 6.96. The molecule has 1 aliphatic heterocycles. The van der Waals surface area contributed by atoms with Gasteiger partial charge in [0.2, 0.25) is 5.95 Å². The van der Waals surface area contributed by atoms with Crippen LogP contribution in [0.15, 0.2) is 34.7 Å². The van der Waals surface area contributed by atoms with Crippen LogP contribution in [-0.4, -0.2) is 27.0 Å². The molecule has 30 heavy (non-hydrogen) atoms. The van der Waals surface area contributed by atoms with E-state index in [1.54, 1.807) is 5.38 Å². The highest BCUT2D eigenvalue weighted by atomic mass is 35.5. The summed E-state index contributed by atoms with van der Waals surface area (Å²) in [5.74, 6) is -0.00353. The van der Waals surface area contributed by atoms with Crippen molar-refractivity contribution in [3.8, 4) is 10.6 Å². The van der Waals surface area contributed by atoms with Crippen molar-refractivity contribution in [2.45, 2.75) is 24.0 Å². The van der Waals surface area contributed by atoms with Crippen LogP contribution in [0.5, 0.6) is 0 Å². The van der Waals surface area contributed by atoms with Gasteiger partial charge in [-0.05, 0) is 42.3 Å². The second-order valence-electron chi connectivity index (χ2n) is 6.71. The van der Waals surface area contributed by atoms with Crippen LogP contribution in [0.1, 0.15) is 16.7 Å². The molecule has 11 heteroatoms.